The van der Waals surface area contributed by atoms with Crippen LogP contribution < -0.4 is 10.6 Å². The number of amidine groups is 1. The summed E-state index contributed by atoms with van der Waals surface area (Å²) in [6.45, 7) is 1.29. The highest BCUT2D eigenvalue weighted by Crippen LogP contribution is 2.26. The van der Waals surface area contributed by atoms with Gasteiger partial charge in [-0.25, -0.2) is 0 Å². The van der Waals surface area contributed by atoms with Gasteiger partial charge >= 0.3 is 0 Å². The molecule has 0 atom stereocenters. The molecular formula is C14H16BrN5O. The summed E-state index contributed by atoms with van der Waals surface area (Å²) in [4.78, 5) is 10.3. The van der Waals surface area contributed by atoms with Crippen LogP contribution in [-0.2, 0) is 6.54 Å². The lowest BCUT2D eigenvalue weighted by Crippen LogP contribution is -2.28. The van der Waals surface area contributed by atoms with Crippen molar-refractivity contribution < 1.29 is 5.21 Å². The molecule has 21 heavy (non-hydrogen) atoms. The fraction of sp³-hybridized carbons (Fsp3) is 0.214. The van der Waals surface area contributed by atoms with E-state index in [-0.39, 0.29) is 5.84 Å². The average molecular weight is 350 g/mol. The van der Waals surface area contributed by atoms with Crippen LogP contribution >= 0.6 is 15.9 Å². The predicted octanol–water partition coefficient (Wildman–Crippen LogP) is 2.38. The number of oxime groups is 1. The summed E-state index contributed by atoms with van der Waals surface area (Å²) in [6.07, 6.45) is 7.51. The van der Waals surface area contributed by atoms with Crippen molar-refractivity contribution in [2.24, 2.45) is 10.9 Å². The number of aromatic nitrogens is 2. The fourth-order valence-corrected chi connectivity index (χ4v) is 2.42. The Bertz CT molecular complexity index is 605. The lowest BCUT2D eigenvalue weighted by Gasteiger charge is -2.25. The van der Waals surface area contributed by atoms with Crippen LogP contribution in [0.3, 0.4) is 0 Å². The first-order valence-corrected chi connectivity index (χ1v) is 7.19. The number of hydrogen-bond acceptors (Lipinski definition) is 5. The molecule has 0 aliphatic carbocycles. The molecule has 110 valence electrons. The third-order valence-corrected chi connectivity index (χ3v) is 3.57. The summed E-state index contributed by atoms with van der Waals surface area (Å²) >= 11 is 3.50. The Morgan fingerprint density at radius 3 is 2.76 bits per heavy atom. The molecule has 0 saturated carbocycles. The minimum absolute atomic E-state index is 0.205. The molecule has 0 fully saturated rings. The van der Waals surface area contributed by atoms with Gasteiger partial charge in [-0.1, -0.05) is 11.2 Å². The number of anilines is 1. The van der Waals surface area contributed by atoms with E-state index in [0.29, 0.717) is 19.5 Å². The van der Waals surface area contributed by atoms with Crippen LogP contribution in [-0.4, -0.2) is 27.6 Å². The van der Waals surface area contributed by atoms with Crippen LogP contribution in [0.1, 0.15) is 12.0 Å². The van der Waals surface area contributed by atoms with Gasteiger partial charge in [-0.3, -0.25) is 9.97 Å². The topological polar surface area (TPSA) is 87.6 Å². The van der Waals surface area contributed by atoms with Gasteiger partial charge < -0.3 is 15.8 Å². The first kappa shape index (κ1) is 15.2. The Morgan fingerprint density at radius 2 is 2.10 bits per heavy atom. The first-order valence-electron chi connectivity index (χ1n) is 6.40. The molecule has 3 N–H and O–H groups in total. The lowest BCUT2D eigenvalue weighted by molar-refractivity contribution is 0.317. The average Bonchev–Trinajstić information content (AvgIpc) is 2.52. The first-order chi connectivity index (χ1) is 10.2. The summed E-state index contributed by atoms with van der Waals surface area (Å²) in [7, 11) is 0. The summed E-state index contributed by atoms with van der Waals surface area (Å²) < 4.78 is 0.897. The standard InChI is InChI=1S/C14H16BrN5O/c15-12-9-18-6-3-13(12)20(7-4-14(16)19-21)10-11-2-1-5-17-8-11/h1-3,5-6,8-9,21H,4,7,10H2,(H2,16,19). The van der Waals surface area contributed by atoms with Gasteiger partial charge in [-0.2, -0.15) is 0 Å². The minimum Gasteiger partial charge on any atom is -0.409 e. The van der Waals surface area contributed by atoms with Crippen LogP contribution in [0.15, 0.2) is 52.6 Å². The second-order valence-corrected chi connectivity index (χ2v) is 5.31. The maximum Gasteiger partial charge on any atom is 0.140 e. The smallest absolute Gasteiger partial charge is 0.140 e. The molecule has 2 aromatic heterocycles. The second-order valence-electron chi connectivity index (χ2n) is 4.45. The summed E-state index contributed by atoms with van der Waals surface area (Å²) in [5.41, 5.74) is 7.65. The molecule has 0 bridgehead atoms. The van der Waals surface area contributed by atoms with E-state index in [9.17, 15) is 0 Å². The molecule has 0 unspecified atom stereocenters. The summed E-state index contributed by atoms with van der Waals surface area (Å²) in [5, 5.41) is 11.7. The van der Waals surface area contributed by atoms with Crippen LogP contribution in [0, 0.1) is 0 Å². The van der Waals surface area contributed by atoms with E-state index in [2.05, 4.69) is 36.0 Å². The molecule has 0 saturated heterocycles. The van der Waals surface area contributed by atoms with E-state index in [4.69, 9.17) is 10.9 Å². The molecule has 6 nitrogen and oxygen atoms in total. The fourth-order valence-electron chi connectivity index (χ4n) is 1.92. The minimum atomic E-state index is 0.205. The van der Waals surface area contributed by atoms with Crippen molar-refractivity contribution >= 4 is 27.5 Å². The van der Waals surface area contributed by atoms with Crippen molar-refractivity contribution in [3.05, 3.63) is 53.0 Å². The molecular weight excluding hydrogens is 334 g/mol. The van der Waals surface area contributed by atoms with E-state index < -0.39 is 0 Å². The highest BCUT2D eigenvalue weighted by atomic mass is 79.9. The maximum absolute atomic E-state index is 8.68. The summed E-state index contributed by atoms with van der Waals surface area (Å²) in [5.74, 6) is 0.205. The van der Waals surface area contributed by atoms with Gasteiger partial charge in [0.05, 0.1) is 10.2 Å². The van der Waals surface area contributed by atoms with Crippen LogP contribution in [0.25, 0.3) is 0 Å². The number of rotatable bonds is 6. The zero-order valence-corrected chi connectivity index (χ0v) is 12.9. The van der Waals surface area contributed by atoms with Crippen molar-refractivity contribution in [2.45, 2.75) is 13.0 Å². The normalized spacial score (nSPS) is 11.4. The van der Waals surface area contributed by atoms with Gasteiger partial charge in [0.25, 0.3) is 0 Å². The van der Waals surface area contributed by atoms with Crippen LogP contribution in [0.2, 0.25) is 0 Å². The molecule has 0 aromatic carbocycles. The third-order valence-electron chi connectivity index (χ3n) is 2.95. The van der Waals surface area contributed by atoms with Gasteiger partial charge in [-0.15, -0.1) is 0 Å². The number of nitrogens with zero attached hydrogens (tertiary/aromatic N) is 4. The molecule has 7 heteroatoms. The quantitative estimate of drug-likeness (QED) is 0.361. The Labute approximate surface area is 131 Å². The van der Waals surface area contributed by atoms with Crippen LogP contribution in [0.5, 0.6) is 0 Å². The summed E-state index contributed by atoms with van der Waals surface area (Å²) in [6, 6.07) is 5.84. The SMILES string of the molecule is N/C(CCN(Cc1cccnc1)c1ccncc1Br)=N/O. The molecule has 0 spiro atoms. The van der Waals surface area contributed by atoms with E-state index >= 15 is 0 Å². The largest absolute Gasteiger partial charge is 0.409 e. The molecule has 2 rings (SSSR count). The van der Waals surface area contributed by atoms with E-state index in [1.165, 1.54) is 0 Å². The highest BCUT2D eigenvalue weighted by Gasteiger charge is 2.11. The molecule has 0 aliphatic heterocycles. The number of hydrogen-bond donors (Lipinski definition) is 2. The second kappa shape index (κ2) is 7.58. The maximum atomic E-state index is 8.68. The van der Waals surface area contributed by atoms with Gasteiger partial charge in [0.2, 0.25) is 0 Å². The molecule has 0 amide bonds. The van der Waals surface area contributed by atoms with Gasteiger partial charge in [0.15, 0.2) is 0 Å². The van der Waals surface area contributed by atoms with Gasteiger partial charge in [-0.05, 0) is 33.6 Å². The Balaban J connectivity index is 2.20. The van der Waals surface area contributed by atoms with Gasteiger partial charge in [0, 0.05) is 44.3 Å². The van der Waals surface area contributed by atoms with Crippen molar-refractivity contribution in [1.29, 1.82) is 0 Å². The number of pyridine rings is 2. The monoisotopic (exact) mass is 349 g/mol. The third kappa shape index (κ3) is 4.42. The lowest BCUT2D eigenvalue weighted by atomic mass is 10.2. The van der Waals surface area contributed by atoms with E-state index in [0.717, 1.165) is 15.7 Å². The molecule has 0 aliphatic rings. The zero-order chi connectivity index (χ0) is 15.1. The van der Waals surface area contributed by atoms with Crippen molar-refractivity contribution in [3.63, 3.8) is 0 Å². The molecule has 2 heterocycles. The number of nitrogens with two attached hydrogens (primary N) is 1. The van der Waals surface area contributed by atoms with E-state index in [1.54, 1.807) is 18.6 Å². The Morgan fingerprint density at radius 1 is 1.29 bits per heavy atom. The van der Waals surface area contributed by atoms with Crippen molar-refractivity contribution in [1.82, 2.24) is 9.97 Å². The molecule has 2 aromatic rings. The highest BCUT2D eigenvalue weighted by molar-refractivity contribution is 9.10. The number of halogens is 1. The van der Waals surface area contributed by atoms with E-state index in [1.807, 2.05) is 24.4 Å². The Kier molecular flexibility index (Phi) is 5.51. The Hall–Kier alpha value is -2.15. The van der Waals surface area contributed by atoms with Crippen molar-refractivity contribution in [2.75, 3.05) is 11.4 Å². The van der Waals surface area contributed by atoms with Gasteiger partial charge in [0.1, 0.15) is 5.84 Å². The van der Waals surface area contributed by atoms with Crippen LogP contribution in [0.4, 0.5) is 5.69 Å². The van der Waals surface area contributed by atoms with Crippen molar-refractivity contribution in [3.8, 4) is 0 Å². The molecule has 0 radical (unpaired) electrons. The zero-order valence-electron chi connectivity index (χ0n) is 11.4. The predicted molar refractivity (Wildman–Crippen MR) is 85.2 cm³/mol.